The Hall–Kier alpha value is 1.07. The van der Waals surface area contributed by atoms with Crippen molar-refractivity contribution >= 4 is 33.5 Å². The Morgan fingerprint density at radius 3 is 1.40 bits per heavy atom. The number of halogens is 2. The topological polar surface area (TPSA) is 23.1 Å². The van der Waals surface area contributed by atoms with E-state index in [1.54, 1.807) is 0 Å². The molecule has 0 aliphatic carbocycles. The summed E-state index contributed by atoms with van der Waals surface area (Å²) in [5.41, 5.74) is 0. The summed E-state index contributed by atoms with van der Waals surface area (Å²) in [7, 11) is 10.4. The van der Waals surface area contributed by atoms with E-state index < -0.39 is 0 Å². The van der Waals surface area contributed by atoms with Crippen molar-refractivity contribution in [1.82, 2.24) is 0 Å². The summed E-state index contributed by atoms with van der Waals surface area (Å²) in [5, 5.41) is 8.25. The van der Waals surface area contributed by atoms with Crippen molar-refractivity contribution in [1.29, 1.82) is 0 Å². The van der Waals surface area contributed by atoms with Crippen LogP contribution in [0.25, 0.3) is 0 Å². The third-order valence-corrected chi connectivity index (χ3v) is 0. The average molecular weight is 129 g/mol. The van der Waals surface area contributed by atoms with Gasteiger partial charge in [-0.3, -0.25) is 0 Å². The van der Waals surface area contributed by atoms with Gasteiger partial charge in [-0.25, -0.2) is 0 Å². The van der Waals surface area contributed by atoms with Crippen LogP contribution in [0.5, 0.6) is 0 Å². The molecule has 0 aliphatic heterocycles. The molecule has 0 aromatic heterocycles. The number of hydrogen-bond acceptors (Lipinski definition) is 1. The van der Waals surface area contributed by atoms with E-state index in [9.17, 15) is 0 Å². The molecule has 0 saturated heterocycles. The van der Waals surface area contributed by atoms with Crippen molar-refractivity contribution in [2.24, 2.45) is 0 Å². The second kappa shape index (κ2) is 19.6. The summed E-state index contributed by atoms with van der Waals surface area (Å²) in [6, 6.07) is 0. The number of rotatable bonds is 0. The molecular formula is CH3AlCl2O. The molecule has 0 unspecified atom stereocenters. The second-order valence-corrected chi connectivity index (χ2v) is 2.23. The Bertz CT molecular complexity index is 9.61. The van der Waals surface area contributed by atoms with Gasteiger partial charge in [-0.1, -0.05) is 0 Å². The van der Waals surface area contributed by atoms with Gasteiger partial charge in [0.25, 0.3) is 0 Å². The molecule has 5 heavy (non-hydrogen) atoms. The van der Waals surface area contributed by atoms with Gasteiger partial charge in [0.05, 0.1) is 0 Å². The van der Waals surface area contributed by atoms with Gasteiger partial charge in [-0.05, 0) is 0 Å². The van der Waals surface area contributed by atoms with Crippen molar-refractivity contribution in [3.63, 3.8) is 0 Å². The van der Waals surface area contributed by atoms with Crippen LogP contribution in [0.3, 0.4) is 0 Å². The quantitative estimate of drug-likeness (QED) is 0.421. The predicted octanol–water partition coefficient (Wildman–Crippen LogP) is -0.0253. The molecule has 0 aliphatic rings. The van der Waals surface area contributed by atoms with E-state index in [-0.39, 0.29) is 13.4 Å². The van der Waals surface area contributed by atoms with Crippen LogP contribution in [-0.2, 0) is 0 Å². The summed E-state index contributed by atoms with van der Waals surface area (Å²) in [6.45, 7) is 0. The van der Waals surface area contributed by atoms with Crippen molar-refractivity contribution in [2.75, 3.05) is 7.11 Å². The fraction of sp³-hybridized carbons (Fsp3) is 1.00. The van der Waals surface area contributed by atoms with Gasteiger partial charge in [0.2, 0.25) is 0 Å². The van der Waals surface area contributed by atoms with Crippen LogP contribution in [0.4, 0.5) is 0 Å². The van der Waals surface area contributed by atoms with Crippen LogP contribution in [0.15, 0.2) is 0 Å². The van der Waals surface area contributed by atoms with Crippen molar-refractivity contribution in [2.45, 2.75) is 0 Å². The molecule has 0 fully saturated rings. The van der Waals surface area contributed by atoms with E-state index in [1.165, 1.54) is 0 Å². The third-order valence-electron chi connectivity index (χ3n) is 0. The summed E-state index contributed by atoms with van der Waals surface area (Å²) >= 11 is -0.306. The van der Waals surface area contributed by atoms with Crippen LogP contribution in [-0.4, -0.2) is 20.5 Å². The SMILES string of the molecule is C[O-].[Cl][Al+][Cl]. The van der Waals surface area contributed by atoms with E-state index in [0.29, 0.717) is 0 Å². The molecule has 0 amide bonds. The van der Waals surface area contributed by atoms with Crippen LogP contribution >= 0.6 is 20.1 Å². The van der Waals surface area contributed by atoms with Gasteiger partial charge in [0.1, 0.15) is 0 Å². The molecule has 4 heteroatoms. The molecule has 0 radical (unpaired) electrons. The molecule has 1 nitrogen and oxygen atoms in total. The van der Waals surface area contributed by atoms with Gasteiger partial charge < -0.3 is 5.11 Å². The Morgan fingerprint density at radius 1 is 1.40 bits per heavy atom. The Balaban J connectivity index is 0. The zero-order valence-electron chi connectivity index (χ0n) is 2.74. The van der Waals surface area contributed by atoms with E-state index in [0.717, 1.165) is 7.11 Å². The maximum absolute atomic E-state index is 8.25. The fourth-order valence-corrected chi connectivity index (χ4v) is 0. The van der Waals surface area contributed by atoms with Gasteiger partial charge in [-0.15, -0.1) is 0 Å². The van der Waals surface area contributed by atoms with Crippen molar-refractivity contribution in [3.05, 3.63) is 0 Å². The molecule has 0 heterocycles. The van der Waals surface area contributed by atoms with Gasteiger partial charge in [0.15, 0.2) is 0 Å². The van der Waals surface area contributed by atoms with E-state index in [1.807, 2.05) is 0 Å². The van der Waals surface area contributed by atoms with Gasteiger partial charge >= 0.3 is 33.5 Å². The van der Waals surface area contributed by atoms with Crippen LogP contribution < -0.4 is 5.11 Å². The summed E-state index contributed by atoms with van der Waals surface area (Å²) in [4.78, 5) is 0. The van der Waals surface area contributed by atoms with Crippen molar-refractivity contribution < 1.29 is 5.11 Å². The molecule has 0 saturated carbocycles. The molecule has 0 rings (SSSR count). The Kier molecular flexibility index (Phi) is 36.9. The molecule has 0 aromatic rings. The van der Waals surface area contributed by atoms with E-state index in [4.69, 9.17) is 25.2 Å². The molecule has 0 N–H and O–H groups in total. The van der Waals surface area contributed by atoms with Gasteiger partial charge in [-0.2, -0.15) is 7.11 Å². The molecule has 0 spiro atoms. The fourth-order valence-electron chi connectivity index (χ4n) is 0. The Morgan fingerprint density at radius 2 is 1.40 bits per heavy atom. The van der Waals surface area contributed by atoms with E-state index >= 15 is 0 Å². The number of hydrogen-bond donors (Lipinski definition) is 0. The standard InChI is InChI=1S/CH3O.Al.2ClH/c1-2;;;/h1H3;;2*1H/q-1;+3;;/p-2. The zero-order valence-corrected chi connectivity index (χ0v) is 5.41. The minimum absolute atomic E-state index is 0.306. The maximum atomic E-state index is 8.25. The third kappa shape index (κ3) is 41.6. The average Bonchev–Trinajstić information content (AvgIpc) is 1.46. The first-order chi connectivity index (χ1) is 2.41. The summed E-state index contributed by atoms with van der Waals surface area (Å²) in [6.07, 6.45) is 0. The van der Waals surface area contributed by atoms with Crippen molar-refractivity contribution in [3.8, 4) is 0 Å². The van der Waals surface area contributed by atoms with Crippen LogP contribution in [0.2, 0.25) is 0 Å². The van der Waals surface area contributed by atoms with E-state index in [2.05, 4.69) is 0 Å². The van der Waals surface area contributed by atoms with Gasteiger partial charge in [0, 0.05) is 0 Å². The monoisotopic (exact) mass is 128 g/mol. The molecule has 0 bridgehead atoms. The minimum atomic E-state index is -0.306. The Labute approximate surface area is 46.0 Å². The second-order valence-electron chi connectivity index (χ2n) is 0.0825. The van der Waals surface area contributed by atoms with Crippen LogP contribution in [0, 0.1) is 0 Å². The first kappa shape index (κ1) is 9.42. The summed E-state index contributed by atoms with van der Waals surface area (Å²) < 4.78 is 0. The van der Waals surface area contributed by atoms with Crippen LogP contribution in [0.1, 0.15) is 0 Å². The predicted molar refractivity (Wildman–Crippen MR) is 23.4 cm³/mol. The molecule has 30 valence electrons. The first-order valence-corrected chi connectivity index (χ1v) is 4.34. The summed E-state index contributed by atoms with van der Waals surface area (Å²) in [5.74, 6) is 0. The zero-order chi connectivity index (χ0) is 4.71. The molecule has 0 aromatic carbocycles. The molecular weight excluding hydrogens is 126 g/mol. The molecule has 0 atom stereocenters. The first-order valence-electron chi connectivity index (χ1n) is 0.845. The normalized spacial score (nSPS) is 3.20.